The van der Waals surface area contributed by atoms with Gasteiger partial charge in [0.25, 0.3) is 0 Å². The standard InChI is InChI=1S/C25H36Cl2N10O14P4S4/c1-58-23-32-19(28)13-21(34-23)36(7-30-13)11-3-9(15(38)17(11)40)5-48-54(46,56)50-52(42,43)25(26,27)53(44,45)51-55(47,57)49-6-10-4-12(18(41)16(10)39)37-8-31-14-20(29)33-24(59-2)35-22(14)37/h7-12,15-18,38-41H,3-6H2,1-2H3,(H,42,43)(H,44,45)(H,46,56)(H,47,57)(H2,28,32,34)(H2,29,33,35)/t9-,10-,11-,12-,15-,16-,17+,18+,54?,55?/m1/s1. The fourth-order valence-electron chi connectivity index (χ4n) is 6.55. The lowest BCUT2D eigenvalue weighted by molar-refractivity contribution is -0.00231. The van der Waals surface area contributed by atoms with Crippen LogP contribution in [-0.2, 0) is 50.4 Å². The van der Waals surface area contributed by atoms with Crippen LogP contribution in [0.1, 0.15) is 24.9 Å². The molecule has 2 aliphatic rings. The Morgan fingerprint density at radius 2 is 1.08 bits per heavy atom. The van der Waals surface area contributed by atoms with Crippen LogP contribution in [0.5, 0.6) is 0 Å². The van der Waals surface area contributed by atoms with E-state index < -0.39 is 94.0 Å². The van der Waals surface area contributed by atoms with Gasteiger partial charge in [0.2, 0.25) is 0 Å². The van der Waals surface area contributed by atoms with Crippen molar-refractivity contribution < 1.29 is 66.8 Å². The smallest absolute Gasteiger partial charge is 0.383 e. The summed E-state index contributed by atoms with van der Waals surface area (Å²) in [6, 6.07) is -1.70. The molecule has 12 atom stereocenters. The second-order valence-corrected chi connectivity index (χ2v) is 27.3. The first kappa shape index (κ1) is 47.7. The van der Waals surface area contributed by atoms with Crippen molar-refractivity contribution in [3.8, 4) is 0 Å². The van der Waals surface area contributed by atoms with Crippen molar-refractivity contribution in [3.63, 3.8) is 0 Å². The number of hydrogen-bond acceptors (Lipinski definition) is 22. The van der Waals surface area contributed by atoms with E-state index in [9.17, 15) is 49.1 Å². The van der Waals surface area contributed by atoms with Crippen LogP contribution in [0, 0.1) is 11.8 Å². The van der Waals surface area contributed by atoms with E-state index in [1.165, 1.54) is 45.3 Å². The van der Waals surface area contributed by atoms with Crippen molar-refractivity contribution >= 4 is 133 Å². The van der Waals surface area contributed by atoms with E-state index in [2.05, 4.69) is 38.5 Å². The highest BCUT2D eigenvalue weighted by Crippen LogP contribution is 2.83. The Hall–Kier alpha value is -0.740. The van der Waals surface area contributed by atoms with E-state index >= 15 is 0 Å². The average molecular weight is 1020 g/mol. The summed E-state index contributed by atoms with van der Waals surface area (Å²) in [5, 5.41) is 44.0. The van der Waals surface area contributed by atoms with Crippen LogP contribution in [0.4, 0.5) is 11.6 Å². The topological polar surface area (TPSA) is 372 Å². The molecule has 0 saturated heterocycles. The van der Waals surface area contributed by atoms with Gasteiger partial charge < -0.3 is 69.6 Å². The summed E-state index contributed by atoms with van der Waals surface area (Å²) in [5.41, 5.74) is 13.0. The van der Waals surface area contributed by atoms with Gasteiger partial charge in [0.15, 0.2) is 33.2 Å². The fraction of sp³-hybridized carbons (Fsp3) is 0.600. The zero-order chi connectivity index (χ0) is 43.6. The number of fused-ring (bicyclic) bond motifs is 2. The lowest BCUT2D eigenvalue weighted by atomic mass is 10.1. The summed E-state index contributed by atoms with van der Waals surface area (Å²) in [5.74, 6) is -1.80. The highest BCUT2D eigenvalue weighted by molar-refractivity contribution is 8.10. The Morgan fingerprint density at radius 3 is 1.42 bits per heavy atom. The maximum absolute atomic E-state index is 13.3. The normalized spacial score (nSPS) is 29.4. The monoisotopic (exact) mass is 1020 g/mol. The predicted octanol–water partition coefficient (Wildman–Crippen LogP) is 1.80. The molecule has 12 N–H and O–H groups in total. The number of nitrogens with zero attached hydrogens (tertiary/aromatic N) is 8. The molecule has 59 heavy (non-hydrogen) atoms. The van der Waals surface area contributed by atoms with Gasteiger partial charge in [-0.15, -0.1) is 0 Å². The van der Waals surface area contributed by atoms with Crippen LogP contribution >= 0.6 is 75.4 Å². The maximum Gasteiger partial charge on any atom is 0.383 e. The third kappa shape index (κ3) is 9.56. The molecular formula is C25H36Cl2N10O14P4S4. The number of nitrogens with two attached hydrogens (primary N) is 2. The van der Waals surface area contributed by atoms with Crippen LogP contribution in [0.3, 0.4) is 0 Å². The van der Waals surface area contributed by atoms with Gasteiger partial charge in [-0.1, -0.05) is 46.7 Å². The van der Waals surface area contributed by atoms with E-state index in [1.807, 2.05) is 0 Å². The number of aromatic nitrogens is 8. The first-order valence-corrected chi connectivity index (χ1v) is 28.1. The van der Waals surface area contributed by atoms with Crippen molar-refractivity contribution in [1.82, 2.24) is 39.0 Å². The predicted molar refractivity (Wildman–Crippen MR) is 223 cm³/mol. The number of halogens is 2. The number of rotatable bonds is 16. The highest BCUT2D eigenvalue weighted by Gasteiger charge is 2.65. The number of imidazole rings is 2. The lowest BCUT2D eigenvalue weighted by Crippen LogP contribution is -2.30. The van der Waals surface area contributed by atoms with Crippen LogP contribution in [0.2, 0.25) is 0 Å². The molecule has 2 saturated carbocycles. The zero-order valence-corrected chi connectivity index (χ0v) is 38.4. The van der Waals surface area contributed by atoms with E-state index in [0.29, 0.717) is 10.3 Å². The molecule has 0 spiro atoms. The molecule has 2 aliphatic carbocycles. The number of anilines is 2. The average Bonchev–Trinajstić information content (AvgIpc) is 3.90. The Bertz CT molecular complexity index is 2280. The van der Waals surface area contributed by atoms with Gasteiger partial charge in [-0.25, -0.2) is 38.5 Å². The second kappa shape index (κ2) is 17.7. The quantitative estimate of drug-likeness (QED) is 0.0331. The molecule has 328 valence electrons. The minimum Gasteiger partial charge on any atom is -0.390 e. The summed E-state index contributed by atoms with van der Waals surface area (Å²) in [6.07, 6.45) is 0.204. The Labute approximate surface area is 361 Å². The van der Waals surface area contributed by atoms with E-state index in [0.717, 1.165) is 0 Å². The third-order valence-corrected chi connectivity index (χ3v) is 22.2. The second-order valence-electron chi connectivity index (χ2n) is 13.2. The molecule has 4 heterocycles. The Morgan fingerprint density at radius 1 is 0.729 bits per heavy atom. The number of nitrogen functional groups attached to an aromatic ring is 2. The molecule has 0 aromatic carbocycles. The van der Waals surface area contributed by atoms with Gasteiger partial charge in [0, 0.05) is 11.8 Å². The summed E-state index contributed by atoms with van der Waals surface area (Å²) < 4.78 is 45.3. The molecule has 0 bridgehead atoms. The van der Waals surface area contributed by atoms with E-state index in [-0.39, 0.29) is 46.8 Å². The van der Waals surface area contributed by atoms with Crippen LogP contribution in [0.25, 0.3) is 22.3 Å². The molecule has 6 rings (SSSR count). The Balaban J connectivity index is 1.07. The molecular weight excluding hydrogens is 987 g/mol. The highest BCUT2D eigenvalue weighted by atomic mass is 35.5. The molecule has 4 aromatic heterocycles. The van der Waals surface area contributed by atoms with Crippen molar-refractivity contribution in [2.75, 3.05) is 37.2 Å². The molecule has 0 aliphatic heterocycles. The van der Waals surface area contributed by atoms with Crippen LogP contribution in [0.15, 0.2) is 23.0 Å². The molecule has 0 radical (unpaired) electrons. The zero-order valence-electron chi connectivity index (χ0n) is 30.0. The van der Waals surface area contributed by atoms with Gasteiger partial charge >= 0.3 is 32.4 Å². The number of alkyl halides is 2. The van der Waals surface area contributed by atoms with Gasteiger partial charge in [-0.05, 0) is 49.0 Å². The molecule has 4 aromatic rings. The number of aliphatic hydroxyl groups is 4. The molecule has 2 fully saturated rings. The number of aliphatic hydroxyl groups excluding tert-OH is 4. The van der Waals surface area contributed by atoms with Gasteiger partial charge in [-0.2, -0.15) is 0 Å². The van der Waals surface area contributed by atoms with Crippen LogP contribution in [-0.4, -0.2) is 133 Å². The summed E-state index contributed by atoms with van der Waals surface area (Å²) in [6.45, 7) is -11.2. The lowest BCUT2D eigenvalue weighted by Gasteiger charge is -2.31. The largest absolute Gasteiger partial charge is 0.390 e. The SMILES string of the molecule is CSc1nc(N)c2ncn([C@@H]3C[C@H](COP(O)(=S)OP(=O)(O)C(Cl)(Cl)P(=O)(O)OP(O)(=S)OC[C@H]4C[C@@H](n5cnc6c(N)nc(SC)nc65)[C@H](O)[C@@H]4O)[C@@H](O)[C@H]3O)c2n1. The van der Waals surface area contributed by atoms with Gasteiger partial charge in [-0.3, -0.25) is 9.13 Å². The van der Waals surface area contributed by atoms with Crippen molar-refractivity contribution in [3.05, 3.63) is 12.7 Å². The van der Waals surface area contributed by atoms with E-state index in [4.69, 9.17) is 67.3 Å². The minimum absolute atomic E-state index is 0.0325. The minimum atomic E-state index is -6.02. The van der Waals surface area contributed by atoms with Gasteiger partial charge in [0.05, 0.1) is 50.2 Å². The fourth-order valence-corrected chi connectivity index (χ4v) is 16.5. The molecule has 24 nitrogen and oxygen atoms in total. The molecule has 4 unspecified atom stereocenters. The van der Waals surface area contributed by atoms with E-state index in [1.54, 1.807) is 12.5 Å². The number of thioether (sulfide) groups is 2. The van der Waals surface area contributed by atoms with Crippen molar-refractivity contribution in [2.45, 2.75) is 63.5 Å². The maximum atomic E-state index is 13.3. The summed E-state index contributed by atoms with van der Waals surface area (Å²) >= 11 is 23.8. The Kier molecular flexibility index (Phi) is 14.3. The van der Waals surface area contributed by atoms with Crippen molar-refractivity contribution in [1.29, 1.82) is 0 Å². The molecule has 34 heteroatoms. The van der Waals surface area contributed by atoms with Crippen molar-refractivity contribution in [2.24, 2.45) is 11.8 Å². The first-order valence-electron chi connectivity index (χ1n) is 16.5. The number of hydrogen-bond donors (Lipinski definition) is 10. The van der Waals surface area contributed by atoms with Crippen LogP contribution < -0.4 is 11.5 Å². The summed E-state index contributed by atoms with van der Waals surface area (Å²) in [4.78, 5) is 68.1. The summed E-state index contributed by atoms with van der Waals surface area (Å²) in [7, 11) is -12.0. The molecule has 0 amide bonds. The third-order valence-electron chi connectivity index (χ3n) is 9.49. The first-order chi connectivity index (χ1) is 27.3. The van der Waals surface area contributed by atoms with Gasteiger partial charge in [0.1, 0.15) is 23.2 Å².